The van der Waals surface area contributed by atoms with Gasteiger partial charge < -0.3 is 0 Å². The Balaban J connectivity index is -0.0000000238. The molecule has 0 saturated carbocycles. The van der Waals surface area contributed by atoms with Crippen molar-refractivity contribution >= 4 is 0 Å². The van der Waals surface area contributed by atoms with Gasteiger partial charge in [0.1, 0.15) is 0 Å². The van der Waals surface area contributed by atoms with Crippen molar-refractivity contribution < 1.29 is 0 Å². The Labute approximate surface area is 135 Å². The third kappa shape index (κ3) is 83.0. The molecule has 0 bridgehead atoms. The molecule has 20 heavy (non-hydrogen) atoms. The minimum atomic E-state index is 0.676. The summed E-state index contributed by atoms with van der Waals surface area (Å²) in [5.41, 5.74) is 1.29. The van der Waals surface area contributed by atoms with E-state index >= 15 is 0 Å². The highest BCUT2D eigenvalue weighted by Gasteiger charge is 2.05. The van der Waals surface area contributed by atoms with Gasteiger partial charge in [0.25, 0.3) is 0 Å². The summed E-state index contributed by atoms with van der Waals surface area (Å²) in [7, 11) is 0. The predicted molar refractivity (Wildman–Crippen MR) is 107 cm³/mol. The Morgan fingerprint density at radius 1 is 0.550 bits per heavy atom. The van der Waals surface area contributed by atoms with E-state index in [1.54, 1.807) is 0 Å². The fraction of sp³-hybridized carbons (Fsp3) is 0.900. The van der Waals surface area contributed by atoms with Gasteiger partial charge in [-0.05, 0) is 18.8 Å². The minimum absolute atomic E-state index is 0.676. The predicted octanol–water partition coefficient (Wildman–Crippen LogP) is 9.01. The molecule has 0 aromatic rings. The van der Waals surface area contributed by atoms with Crippen LogP contribution in [0.2, 0.25) is 0 Å². The Morgan fingerprint density at radius 2 is 0.700 bits per heavy atom. The van der Waals surface area contributed by atoms with Crippen LogP contribution in [-0.2, 0) is 0 Å². The van der Waals surface area contributed by atoms with Crippen LogP contribution in [0.1, 0.15) is 111 Å². The first-order chi connectivity index (χ1) is 9.55. The van der Waals surface area contributed by atoms with Gasteiger partial charge in [-0.25, -0.2) is 0 Å². The SMILES string of the molecule is C=C(C)[C@@H](C)C(C)C.CC.CC.CC.CC.CC.CC. The van der Waals surface area contributed by atoms with Gasteiger partial charge in [0.2, 0.25) is 0 Å². The maximum Gasteiger partial charge on any atom is -0.0214 e. The minimum Gasteiger partial charge on any atom is -0.0999 e. The van der Waals surface area contributed by atoms with E-state index in [4.69, 9.17) is 0 Å². The molecule has 0 aromatic heterocycles. The van der Waals surface area contributed by atoms with Crippen LogP contribution in [0.4, 0.5) is 0 Å². The lowest BCUT2D eigenvalue weighted by atomic mass is 9.92. The van der Waals surface area contributed by atoms with Gasteiger partial charge in [-0.2, -0.15) is 0 Å². The quantitative estimate of drug-likeness (QED) is 0.445. The first-order valence-electron chi connectivity index (χ1n) is 9.21. The fourth-order valence-corrected chi connectivity index (χ4v) is 0.569. The second-order valence-electron chi connectivity index (χ2n) is 2.88. The van der Waals surface area contributed by atoms with Crippen LogP contribution >= 0.6 is 0 Å². The largest absolute Gasteiger partial charge is 0.0999 e. The highest BCUT2D eigenvalue weighted by atomic mass is 14.1. The maximum atomic E-state index is 3.88. The number of hydrogen-bond acceptors (Lipinski definition) is 0. The number of rotatable bonds is 2. The zero-order chi connectivity index (χ0) is 18.7. The van der Waals surface area contributed by atoms with Crippen molar-refractivity contribution in [1.82, 2.24) is 0 Å². The molecule has 0 unspecified atom stereocenters. The molecule has 0 saturated heterocycles. The van der Waals surface area contributed by atoms with E-state index in [0.29, 0.717) is 5.92 Å². The summed E-state index contributed by atoms with van der Waals surface area (Å²) in [4.78, 5) is 0. The monoisotopic (exact) mass is 292 g/mol. The van der Waals surface area contributed by atoms with Crippen LogP contribution in [0.3, 0.4) is 0 Å². The molecule has 0 aliphatic rings. The first kappa shape index (κ1) is 42.7. The average molecular weight is 293 g/mol. The standard InChI is InChI=1S/C8H16.6C2H6/c1-6(2)8(5)7(3)4;6*1-2/h7-8H,1H2,2-5H3;6*1-2H3/t8-;;;;;;/m1....../s1. The van der Waals surface area contributed by atoms with Gasteiger partial charge >= 0.3 is 0 Å². The Morgan fingerprint density at radius 3 is 0.700 bits per heavy atom. The normalized spacial score (nSPS) is 7.45. The van der Waals surface area contributed by atoms with E-state index < -0.39 is 0 Å². The summed E-state index contributed by atoms with van der Waals surface area (Å²) in [6.45, 7) is 36.6. The topological polar surface area (TPSA) is 0 Å². The second kappa shape index (κ2) is 77.2. The van der Waals surface area contributed by atoms with Gasteiger partial charge in [0.15, 0.2) is 0 Å². The molecule has 0 N–H and O–H groups in total. The summed E-state index contributed by atoms with van der Waals surface area (Å²) in [5.74, 6) is 1.42. The third-order valence-electron chi connectivity index (χ3n) is 1.78. The van der Waals surface area contributed by atoms with Crippen molar-refractivity contribution in [3.05, 3.63) is 12.2 Å². The van der Waals surface area contributed by atoms with Gasteiger partial charge in [-0.15, -0.1) is 0 Å². The zero-order valence-electron chi connectivity index (χ0n) is 18.4. The maximum absolute atomic E-state index is 3.88. The van der Waals surface area contributed by atoms with Crippen molar-refractivity contribution in [2.24, 2.45) is 11.8 Å². The number of hydrogen-bond donors (Lipinski definition) is 0. The van der Waals surface area contributed by atoms with Crippen molar-refractivity contribution in [2.45, 2.75) is 111 Å². The first-order valence-corrected chi connectivity index (χ1v) is 9.21. The van der Waals surface area contributed by atoms with Crippen LogP contribution in [0.5, 0.6) is 0 Å². The van der Waals surface area contributed by atoms with E-state index in [0.717, 1.165) is 5.92 Å². The van der Waals surface area contributed by atoms with Gasteiger partial charge in [-0.3, -0.25) is 0 Å². The fourth-order valence-electron chi connectivity index (χ4n) is 0.569. The van der Waals surface area contributed by atoms with Crippen LogP contribution in [0.25, 0.3) is 0 Å². The van der Waals surface area contributed by atoms with E-state index in [2.05, 4.69) is 34.3 Å². The second-order valence-corrected chi connectivity index (χ2v) is 2.88. The summed E-state index contributed by atoms with van der Waals surface area (Å²) >= 11 is 0. The molecular weight excluding hydrogens is 240 g/mol. The Hall–Kier alpha value is -0.260. The van der Waals surface area contributed by atoms with E-state index in [1.807, 2.05) is 83.1 Å². The summed E-state index contributed by atoms with van der Waals surface area (Å²) in [5, 5.41) is 0. The van der Waals surface area contributed by atoms with Crippen LogP contribution < -0.4 is 0 Å². The van der Waals surface area contributed by atoms with Gasteiger partial charge in [0.05, 0.1) is 0 Å². The molecule has 0 heteroatoms. The third-order valence-corrected chi connectivity index (χ3v) is 1.78. The molecule has 0 aromatic carbocycles. The van der Waals surface area contributed by atoms with Crippen LogP contribution in [-0.4, -0.2) is 0 Å². The van der Waals surface area contributed by atoms with Gasteiger partial charge in [-0.1, -0.05) is 116 Å². The molecule has 0 fully saturated rings. The molecule has 0 amide bonds. The molecule has 0 radical (unpaired) electrons. The highest BCUT2D eigenvalue weighted by Crippen LogP contribution is 2.16. The zero-order valence-corrected chi connectivity index (χ0v) is 18.4. The van der Waals surface area contributed by atoms with Crippen molar-refractivity contribution in [2.75, 3.05) is 0 Å². The summed E-state index contributed by atoms with van der Waals surface area (Å²) < 4.78 is 0. The lowest BCUT2D eigenvalue weighted by molar-refractivity contribution is 0.481. The average Bonchev–Trinajstić information content (AvgIpc) is 2.57. The molecule has 0 heterocycles. The lowest BCUT2D eigenvalue weighted by Gasteiger charge is -2.13. The molecule has 0 spiro atoms. The van der Waals surface area contributed by atoms with Crippen LogP contribution in [0, 0.1) is 11.8 Å². The van der Waals surface area contributed by atoms with Crippen LogP contribution in [0.15, 0.2) is 12.2 Å². The summed E-state index contributed by atoms with van der Waals surface area (Å²) in [6, 6.07) is 0. The smallest absolute Gasteiger partial charge is 0.0214 e. The lowest BCUT2D eigenvalue weighted by Crippen LogP contribution is -2.03. The molecule has 132 valence electrons. The molecule has 0 aliphatic heterocycles. The Kier molecular flexibility index (Phi) is 165. The Bertz CT molecular complexity index is 80.0. The van der Waals surface area contributed by atoms with Gasteiger partial charge in [0, 0.05) is 0 Å². The molecule has 0 aliphatic carbocycles. The number of allylic oxidation sites excluding steroid dienone is 1. The molecule has 0 nitrogen and oxygen atoms in total. The molecular formula is C20H52. The van der Waals surface area contributed by atoms with Crippen molar-refractivity contribution in [1.29, 1.82) is 0 Å². The summed E-state index contributed by atoms with van der Waals surface area (Å²) in [6.07, 6.45) is 0. The van der Waals surface area contributed by atoms with Crippen molar-refractivity contribution in [3.63, 3.8) is 0 Å². The molecule has 1 atom stereocenters. The van der Waals surface area contributed by atoms with Crippen molar-refractivity contribution in [3.8, 4) is 0 Å². The van der Waals surface area contributed by atoms with E-state index in [-0.39, 0.29) is 0 Å². The molecule has 0 rings (SSSR count). The highest BCUT2D eigenvalue weighted by molar-refractivity contribution is 4.94. The van der Waals surface area contributed by atoms with E-state index in [9.17, 15) is 0 Å². The van der Waals surface area contributed by atoms with E-state index in [1.165, 1.54) is 5.57 Å².